The maximum atomic E-state index is 12.9. The third-order valence-corrected chi connectivity index (χ3v) is 5.55. The smallest absolute Gasteiger partial charge is 0.261 e. The predicted octanol–water partition coefficient (Wildman–Crippen LogP) is 4.50. The molecule has 0 spiro atoms. The quantitative estimate of drug-likeness (QED) is 0.665. The molecule has 0 bridgehead atoms. The monoisotopic (exact) mass is 398 g/mol. The van der Waals surface area contributed by atoms with Crippen molar-refractivity contribution in [2.45, 2.75) is 18.7 Å². The topological polar surface area (TPSA) is 75.3 Å². The van der Waals surface area contributed by atoms with Crippen LogP contribution in [0.25, 0.3) is 0 Å². The molecule has 144 valence electrons. The Morgan fingerprint density at radius 1 is 0.893 bits per heavy atom. The minimum atomic E-state index is -3.76. The third-order valence-electron chi connectivity index (χ3n) is 4.17. The summed E-state index contributed by atoms with van der Waals surface area (Å²) in [6, 6.07) is 16.5. The van der Waals surface area contributed by atoms with Gasteiger partial charge in [0.05, 0.1) is 10.6 Å². The normalized spacial score (nSPS) is 11.1. The van der Waals surface area contributed by atoms with Crippen LogP contribution in [0, 0.1) is 19.7 Å². The van der Waals surface area contributed by atoms with Crippen molar-refractivity contribution in [2.24, 2.45) is 0 Å². The Hall–Kier alpha value is -3.19. The second kappa shape index (κ2) is 7.82. The number of anilines is 2. The van der Waals surface area contributed by atoms with Gasteiger partial charge in [-0.25, -0.2) is 12.8 Å². The molecule has 0 aliphatic carbocycles. The van der Waals surface area contributed by atoms with Crippen LogP contribution in [0.3, 0.4) is 0 Å². The molecule has 0 radical (unpaired) electrons. The van der Waals surface area contributed by atoms with E-state index in [1.54, 1.807) is 6.07 Å². The van der Waals surface area contributed by atoms with Gasteiger partial charge in [-0.15, -0.1) is 0 Å². The first-order valence-corrected chi connectivity index (χ1v) is 10.00. The average molecular weight is 398 g/mol. The number of hydrogen-bond acceptors (Lipinski definition) is 3. The Bertz CT molecular complexity index is 1110. The SMILES string of the molecule is Cc1ccc(C)c(NS(=O)(=O)c2ccc(NC(=O)c3ccc(F)cc3)cc2)c1. The van der Waals surface area contributed by atoms with E-state index < -0.39 is 21.7 Å². The molecule has 2 N–H and O–H groups in total. The van der Waals surface area contributed by atoms with E-state index in [-0.39, 0.29) is 4.90 Å². The number of hydrogen-bond donors (Lipinski definition) is 2. The lowest BCUT2D eigenvalue weighted by Crippen LogP contribution is -2.15. The Balaban J connectivity index is 1.75. The highest BCUT2D eigenvalue weighted by molar-refractivity contribution is 7.92. The molecule has 28 heavy (non-hydrogen) atoms. The van der Waals surface area contributed by atoms with Crippen molar-refractivity contribution in [3.8, 4) is 0 Å². The summed E-state index contributed by atoms with van der Waals surface area (Å²) in [4.78, 5) is 12.2. The molecule has 3 rings (SSSR count). The first-order chi connectivity index (χ1) is 13.2. The lowest BCUT2D eigenvalue weighted by atomic mass is 10.1. The van der Waals surface area contributed by atoms with Gasteiger partial charge in [0, 0.05) is 11.3 Å². The number of halogens is 1. The number of carbonyl (C=O) groups is 1. The van der Waals surface area contributed by atoms with E-state index >= 15 is 0 Å². The molecular formula is C21H19FN2O3S. The summed E-state index contributed by atoms with van der Waals surface area (Å²) in [5.74, 6) is -0.841. The molecule has 7 heteroatoms. The van der Waals surface area contributed by atoms with Crippen LogP contribution in [0.1, 0.15) is 21.5 Å². The lowest BCUT2D eigenvalue weighted by molar-refractivity contribution is 0.102. The minimum Gasteiger partial charge on any atom is -0.322 e. The third kappa shape index (κ3) is 4.55. The molecule has 0 saturated carbocycles. The first kappa shape index (κ1) is 19.6. The van der Waals surface area contributed by atoms with E-state index in [2.05, 4.69) is 10.0 Å². The van der Waals surface area contributed by atoms with Crippen LogP contribution in [0.15, 0.2) is 71.6 Å². The van der Waals surface area contributed by atoms with Gasteiger partial charge in [0.15, 0.2) is 0 Å². The largest absolute Gasteiger partial charge is 0.322 e. The maximum Gasteiger partial charge on any atom is 0.261 e. The van der Waals surface area contributed by atoms with Crippen LogP contribution in [0.4, 0.5) is 15.8 Å². The Morgan fingerprint density at radius 3 is 2.18 bits per heavy atom. The molecule has 5 nitrogen and oxygen atoms in total. The van der Waals surface area contributed by atoms with Crippen LogP contribution in [0.2, 0.25) is 0 Å². The second-order valence-corrected chi connectivity index (χ2v) is 8.09. The van der Waals surface area contributed by atoms with Crippen molar-refractivity contribution in [1.82, 2.24) is 0 Å². The summed E-state index contributed by atoms with van der Waals surface area (Å²) in [5, 5.41) is 2.65. The molecule has 0 heterocycles. The van der Waals surface area contributed by atoms with Gasteiger partial charge in [0.1, 0.15) is 5.82 Å². The van der Waals surface area contributed by atoms with Gasteiger partial charge in [-0.3, -0.25) is 9.52 Å². The summed E-state index contributed by atoms with van der Waals surface area (Å²) in [5.41, 5.74) is 3.02. The van der Waals surface area contributed by atoms with Crippen LogP contribution in [0.5, 0.6) is 0 Å². The van der Waals surface area contributed by atoms with Gasteiger partial charge in [-0.2, -0.15) is 0 Å². The molecule has 0 aromatic heterocycles. The van der Waals surface area contributed by atoms with Crippen LogP contribution >= 0.6 is 0 Å². The molecule has 0 fully saturated rings. The van der Waals surface area contributed by atoms with Crippen molar-refractivity contribution in [3.63, 3.8) is 0 Å². The van der Waals surface area contributed by atoms with E-state index in [1.807, 2.05) is 26.0 Å². The van der Waals surface area contributed by atoms with Crippen LogP contribution < -0.4 is 10.0 Å². The Morgan fingerprint density at radius 2 is 1.54 bits per heavy atom. The number of benzene rings is 3. The van der Waals surface area contributed by atoms with Gasteiger partial charge >= 0.3 is 0 Å². The number of sulfonamides is 1. The van der Waals surface area contributed by atoms with Crippen molar-refractivity contribution in [3.05, 3.63) is 89.2 Å². The van der Waals surface area contributed by atoms with Gasteiger partial charge in [-0.1, -0.05) is 12.1 Å². The van der Waals surface area contributed by atoms with Crippen LogP contribution in [-0.4, -0.2) is 14.3 Å². The molecule has 0 aliphatic rings. The number of amides is 1. The number of carbonyl (C=O) groups excluding carboxylic acids is 1. The van der Waals surface area contributed by atoms with Crippen molar-refractivity contribution in [2.75, 3.05) is 10.0 Å². The molecule has 0 atom stereocenters. The predicted molar refractivity (Wildman–Crippen MR) is 108 cm³/mol. The highest BCUT2D eigenvalue weighted by Crippen LogP contribution is 2.22. The molecule has 0 unspecified atom stereocenters. The molecule has 1 amide bonds. The van der Waals surface area contributed by atoms with E-state index in [0.29, 0.717) is 16.9 Å². The fourth-order valence-electron chi connectivity index (χ4n) is 2.57. The average Bonchev–Trinajstić information content (AvgIpc) is 2.65. The number of nitrogens with one attached hydrogen (secondary N) is 2. The van der Waals surface area contributed by atoms with E-state index in [4.69, 9.17) is 0 Å². The van der Waals surface area contributed by atoms with E-state index in [9.17, 15) is 17.6 Å². The lowest BCUT2D eigenvalue weighted by Gasteiger charge is -2.12. The maximum absolute atomic E-state index is 12.9. The summed E-state index contributed by atoms with van der Waals surface area (Å²) < 4.78 is 40.8. The Labute approximate surface area is 163 Å². The highest BCUT2D eigenvalue weighted by atomic mass is 32.2. The van der Waals surface area contributed by atoms with Crippen molar-refractivity contribution >= 4 is 27.3 Å². The van der Waals surface area contributed by atoms with Crippen molar-refractivity contribution in [1.29, 1.82) is 0 Å². The fraction of sp³-hybridized carbons (Fsp3) is 0.0952. The molecule has 0 saturated heterocycles. The van der Waals surface area contributed by atoms with E-state index in [1.165, 1.54) is 48.5 Å². The summed E-state index contributed by atoms with van der Waals surface area (Å²) in [6.07, 6.45) is 0. The van der Waals surface area contributed by atoms with Gasteiger partial charge in [0.25, 0.3) is 15.9 Å². The minimum absolute atomic E-state index is 0.0770. The molecule has 3 aromatic carbocycles. The summed E-state index contributed by atoms with van der Waals surface area (Å²) >= 11 is 0. The van der Waals surface area contributed by atoms with Crippen molar-refractivity contribution < 1.29 is 17.6 Å². The zero-order valence-corrected chi connectivity index (χ0v) is 16.2. The zero-order chi connectivity index (χ0) is 20.3. The first-order valence-electron chi connectivity index (χ1n) is 8.52. The summed E-state index contributed by atoms with van der Waals surface area (Å²) in [7, 11) is -3.76. The molecule has 0 aliphatic heterocycles. The van der Waals surface area contributed by atoms with Crippen LogP contribution in [-0.2, 0) is 10.0 Å². The summed E-state index contributed by atoms with van der Waals surface area (Å²) in [6.45, 7) is 3.71. The number of aryl methyl sites for hydroxylation is 2. The number of rotatable bonds is 5. The standard InChI is InChI=1S/C21H19FN2O3S/c1-14-3-4-15(2)20(13-14)24-28(26,27)19-11-9-18(10-12-19)23-21(25)16-5-7-17(22)8-6-16/h3-13,24H,1-2H3,(H,23,25). The fourth-order valence-corrected chi connectivity index (χ4v) is 3.69. The molecule has 3 aromatic rings. The zero-order valence-electron chi connectivity index (χ0n) is 15.4. The van der Waals surface area contributed by atoms with Gasteiger partial charge in [0.2, 0.25) is 0 Å². The van der Waals surface area contributed by atoms with Gasteiger partial charge < -0.3 is 5.32 Å². The highest BCUT2D eigenvalue weighted by Gasteiger charge is 2.16. The van der Waals surface area contributed by atoms with Gasteiger partial charge in [-0.05, 0) is 79.6 Å². The Kier molecular flexibility index (Phi) is 5.46. The molecular weight excluding hydrogens is 379 g/mol. The van der Waals surface area contributed by atoms with E-state index in [0.717, 1.165) is 11.1 Å². The second-order valence-electron chi connectivity index (χ2n) is 6.41.